The molecule has 1 aliphatic carbocycles. The van der Waals surface area contributed by atoms with Crippen molar-refractivity contribution < 1.29 is 4.79 Å². The predicted molar refractivity (Wildman–Crippen MR) is 109 cm³/mol. The molecule has 1 saturated carbocycles. The largest absolute Gasteiger partial charge is 0.348 e. The molecule has 1 N–H and O–H groups in total. The van der Waals surface area contributed by atoms with Crippen molar-refractivity contribution in [1.29, 1.82) is 0 Å². The Balaban J connectivity index is 1.36. The van der Waals surface area contributed by atoms with Crippen molar-refractivity contribution in [3.63, 3.8) is 0 Å². The molecular formula is C23H30N4O. The van der Waals surface area contributed by atoms with Crippen LogP contribution >= 0.6 is 0 Å². The minimum atomic E-state index is -0.204. The van der Waals surface area contributed by atoms with E-state index in [1.165, 1.54) is 23.2 Å². The van der Waals surface area contributed by atoms with Gasteiger partial charge in [-0.15, -0.1) is 0 Å². The Morgan fingerprint density at radius 3 is 2.61 bits per heavy atom. The zero-order valence-electron chi connectivity index (χ0n) is 16.8. The van der Waals surface area contributed by atoms with Crippen LogP contribution in [0.15, 0.2) is 30.6 Å². The van der Waals surface area contributed by atoms with Gasteiger partial charge in [0, 0.05) is 44.2 Å². The van der Waals surface area contributed by atoms with E-state index < -0.39 is 0 Å². The third-order valence-corrected chi connectivity index (χ3v) is 7.19. The molecule has 0 unspecified atom stereocenters. The first-order chi connectivity index (χ1) is 13.7. The Bertz CT molecular complexity index is 844. The Kier molecular flexibility index (Phi) is 4.50. The number of rotatable bonds is 3. The number of amides is 1. The summed E-state index contributed by atoms with van der Waals surface area (Å²) in [6.07, 6.45) is 8.03. The van der Waals surface area contributed by atoms with Gasteiger partial charge in [-0.2, -0.15) is 0 Å². The molecule has 3 aliphatic rings. The van der Waals surface area contributed by atoms with Gasteiger partial charge in [-0.3, -0.25) is 9.69 Å². The topological polar surface area (TPSA) is 52.2 Å². The number of aryl methyl sites for hydroxylation is 1. The summed E-state index contributed by atoms with van der Waals surface area (Å²) in [5.74, 6) is 0.634. The van der Waals surface area contributed by atoms with Gasteiger partial charge >= 0.3 is 0 Å². The molecule has 1 amide bonds. The van der Waals surface area contributed by atoms with Gasteiger partial charge in [-0.1, -0.05) is 36.2 Å². The SMILES string of the molecule is Cc1ccc(CN2CCC3(CC2)c2nc[nH]c2CCN3C(=O)C2CCC2)cc1. The average Bonchev–Trinajstić information content (AvgIpc) is 3.14. The Morgan fingerprint density at radius 1 is 1.18 bits per heavy atom. The number of fused-ring (bicyclic) bond motifs is 2. The molecule has 2 aromatic rings. The van der Waals surface area contributed by atoms with Crippen LogP contribution in [0.4, 0.5) is 0 Å². The highest BCUT2D eigenvalue weighted by atomic mass is 16.2. The molecule has 5 nitrogen and oxygen atoms in total. The van der Waals surface area contributed by atoms with Crippen LogP contribution in [0.25, 0.3) is 0 Å². The third-order valence-electron chi connectivity index (χ3n) is 7.19. The first kappa shape index (κ1) is 17.9. The fourth-order valence-electron chi connectivity index (χ4n) is 5.21. The predicted octanol–water partition coefficient (Wildman–Crippen LogP) is 3.39. The number of nitrogens with zero attached hydrogens (tertiary/aromatic N) is 3. The number of nitrogens with one attached hydrogen (secondary N) is 1. The van der Waals surface area contributed by atoms with Crippen LogP contribution in [0, 0.1) is 12.8 Å². The number of carbonyl (C=O) groups is 1. The lowest BCUT2D eigenvalue weighted by molar-refractivity contribution is -0.149. The van der Waals surface area contributed by atoms with Gasteiger partial charge in [0.05, 0.1) is 17.6 Å². The van der Waals surface area contributed by atoms with Crippen LogP contribution in [0.1, 0.15) is 54.6 Å². The van der Waals surface area contributed by atoms with Crippen LogP contribution in [-0.2, 0) is 23.3 Å². The van der Waals surface area contributed by atoms with E-state index >= 15 is 0 Å². The fourth-order valence-corrected chi connectivity index (χ4v) is 5.21. The summed E-state index contributed by atoms with van der Waals surface area (Å²) in [5.41, 5.74) is 4.85. The average molecular weight is 379 g/mol. The Morgan fingerprint density at radius 2 is 1.93 bits per heavy atom. The number of benzene rings is 1. The maximum absolute atomic E-state index is 13.3. The number of likely N-dealkylation sites (tertiary alicyclic amines) is 1. The van der Waals surface area contributed by atoms with Gasteiger partial charge in [0.2, 0.25) is 5.91 Å². The van der Waals surface area contributed by atoms with Crippen molar-refractivity contribution in [1.82, 2.24) is 19.8 Å². The van der Waals surface area contributed by atoms with Gasteiger partial charge in [0.25, 0.3) is 0 Å². The highest BCUT2D eigenvalue weighted by Crippen LogP contribution is 2.44. The number of carbonyl (C=O) groups excluding carboxylic acids is 1. The van der Waals surface area contributed by atoms with Crippen molar-refractivity contribution in [2.24, 2.45) is 5.92 Å². The maximum atomic E-state index is 13.3. The number of aromatic nitrogens is 2. The second-order valence-corrected chi connectivity index (χ2v) is 8.89. The van der Waals surface area contributed by atoms with Crippen LogP contribution in [0.2, 0.25) is 0 Å². The Labute approximate surface area is 167 Å². The summed E-state index contributed by atoms with van der Waals surface area (Å²) < 4.78 is 0. The van der Waals surface area contributed by atoms with E-state index in [1.807, 2.05) is 6.33 Å². The zero-order valence-corrected chi connectivity index (χ0v) is 16.8. The van der Waals surface area contributed by atoms with Gasteiger partial charge in [-0.05, 0) is 38.2 Å². The molecule has 2 aliphatic heterocycles. The van der Waals surface area contributed by atoms with Crippen molar-refractivity contribution >= 4 is 5.91 Å². The standard InChI is InChI=1S/C23H30N4O/c1-17-5-7-18(8-6-17)15-26-13-10-23(11-14-26)21-20(24-16-25-21)9-12-27(23)22(28)19-3-2-4-19/h5-8,16,19H,2-4,9-15H2,1H3,(H,24,25). The van der Waals surface area contributed by atoms with E-state index in [0.29, 0.717) is 5.91 Å². The molecule has 148 valence electrons. The van der Waals surface area contributed by atoms with Gasteiger partial charge in [0.1, 0.15) is 0 Å². The lowest BCUT2D eigenvalue weighted by Crippen LogP contribution is -2.59. The molecule has 3 heterocycles. The van der Waals surface area contributed by atoms with E-state index in [-0.39, 0.29) is 11.5 Å². The van der Waals surface area contributed by atoms with Crippen LogP contribution < -0.4 is 0 Å². The summed E-state index contributed by atoms with van der Waals surface area (Å²) in [7, 11) is 0. The van der Waals surface area contributed by atoms with Crippen LogP contribution in [0.5, 0.6) is 0 Å². The molecule has 1 spiro atoms. The van der Waals surface area contributed by atoms with E-state index in [2.05, 4.69) is 46.0 Å². The molecule has 0 bridgehead atoms. The van der Waals surface area contributed by atoms with E-state index in [4.69, 9.17) is 4.98 Å². The maximum Gasteiger partial charge on any atom is 0.226 e. The van der Waals surface area contributed by atoms with Crippen molar-refractivity contribution in [2.75, 3.05) is 19.6 Å². The third kappa shape index (κ3) is 2.96. The number of hydrogen-bond acceptors (Lipinski definition) is 3. The molecule has 28 heavy (non-hydrogen) atoms. The number of imidazole rings is 1. The summed E-state index contributed by atoms with van der Waals surface area (Å²) in [6, 6.07) is 8.85. The lowest BCUT2D eigenvalue weighted by atomic mass is 9.76. The number of aromatic amines is 1. The van der Waals surface area contributed by atoms with Crippen molar-refractivity contribution in [3.8, 4) is 0 Å². The second kappa shape index (κ2) is 7.03. The van der Waals surface area contributed by atoms with Gasteiger partial charge < -0.3 is 9.88 Å². The first-order valence-corrected chi connectivity index (χ1v) is 10.8. The molecule has 1 aromatic heterocycles. The molecule has 2 fully saturated rings. The highest BCUT2D eigenvalue weighted by molar-refractivity contribution is 5.81. The molecule has 5 rings (SSSR count). The minimum Gasteiger partial charge on any atom is -0.348 e. The molecule has 0 atom stereocenters. The van der Waals surface area contributed by atoms with E-state index in [0.717, 1.165) is 64.0 Å². The fraction of sp³-hybridized carbons (Fsp3) is 0.565. The number of hydrogen-bond donors (Lipinski definition) is 1. The number of H-pyrrole nitrogens is 1. The van der Waals surface area contributed by atoms with Crippen molar-refractivity contribution in [3.05, 3.63) is 53.1 Å². The quantitative estimate of drug-likeness (QED) is 0.891. The van der Waals surface area contributed by atoms with Gasteiger partial charge in [-0.25, -0.2) is 4.98 Å². The summed E-state index contributed by atoms with van der Waals surface area (Å²) >= 11 is 0. The molecule has 5 heteroatoms. The van der Waals surface area contributed by atoms with Gasteiger partial charge in [0.15, 0.2) is 0 Å². The smallest absolute Gasteiger partial charge is 0.226 e. The van der Waals surface area contributed by atoms with Crippen LogP contribution in [-0.4, -0.2) is 45.3 Å². The monoisotopic (exact) mass is 378 g/mol. The summed E-state index contributed by atoms with van der Waals surface area (Å²) in [6.45, 7) is 5.97. The first-order valence-electron chi connectivity index (χ1n) is 10.8. The summed E-state index contributed by atoms with van der Waals surface area (Å²) in [5, 5.41) is 0. The molecular weight excluding hydrogens is 348 g/mol. The normalized spacial score (nSPS) is 22.1. The summed E-state index contributed by atoms with van der Waals surface area (Å²) in [4.78, 5) is 26.1. The van der Waals surface area contributed by atoms with Crippen LogP contribution in [0.3, 0.4) is 0 Å². The van der Waals surface area contributed by atoms with Crippen molar-refractivity contribution in [2.45, 2.75) is 57.5 Å². The minimum absolute atomic E-state index is 0.204. The number of piperidine rings is 1. The lowest BCUT2D eigenvalue weighted by Gasteiger charge is -2.52. The Hall–Kier alpha value is -2.14. The second-order valence-electron chi connectivity index (χ2n) is 8.89. The molecule has 1 aromatic carbocycles. The zero-order chi connectivity index (χ0) is 19.1. The van der Waals surface area contributed by atoms with E-state index in [9.17, 15) is 4.79 Å². The highest BCUT2D eigenvalue weighted by Gasteiger charge is 2.50. The van der Waals surface area contributed by atoms with E-state index in [1.54, 1.807) is 0 Å². The molecule has 0 radical (unpaired) electrons. The molecule has 1 saturated heterocycles.